The molecule has 0 saturated heterocycles. The second kappa shape index (κ2) is 10.7. The smallest absolute Gasteiger partial charge is 0.322 e. The Bertz CT molecular complexity index is 1130. The van der Waals surface area contributed by atoms with Crippen LogP contribution in [-0.4, -0.2) is 46.8 Å². The highest BCUT2D eigenvalue weighted by atomic mass is 79.9. The van der Waals surface area contributed by atoms with Crippen molar-refractivity contribution in [3.05, 3.63) is 64.8 Å². The molecular weight excluding hydrogens is 498 g/mol. The number of hydrogen-bond acceptors (Lipinski definition) is 4. The number of carbonyl (C=O) groups is 2. The third-order valence-electron chi connectivity index (χ3n) is 5.16. The summed E-state index contributed by atoms with van der Waals surface area (Å²) in [4.78, 5) is 27.1. The molecular formula is C25H30BrN5O3. The summed E-state index contributed by atoms with van der Waals surface area (Å²) in [6.07, 6.45) is 0. The molecule has 0 aliphatic rings. The predicted molar refractivity (Wildman–Crippen MR) is 138 cm³/mol. The molecule has 0 unspecified atom stereocenters. The molecule has 0 aliphatic carbocycles. The number of aromatic nitrogens is 2. The van der Waals surface area contributed by atoms with Crippen molar-refractivity contribution >= 4 is 39.4 Å². The van der Waals surface area contributed by atoms with Crippen LogP contribution in [0.4, 0.5) is 16.3 Å². The van der Waals surface area contributed by atoms with Gasteiger partial charge in [-0.1, -0.05) is 36.7 Å². The van der Waals surface area contributed by atoms with E-state index >= 15 is 0 Å². The Kier molecular flexibility index (Phi) is 7.98. The van der Waals surface area contributed by atoms with Gasteiger partial charge < -0.3 is 20.3 Å². The van der Waals surface area contributed by atoms with Crippen molar-refractivity contribution in [2.24, 2.45) is 0 Å². The first-order valence-corrected chi connectivity index (χ1v) is 11.8. The first-order chi connectivity index (χ1) is 16.1. The highest BCUT2D eigenvalue weighted by molar-refractivity contribution is 9.10. The van der Waals surface area contributed by atoms with E-state index in [1.807, 2.05) is 49.4 Å². The molecule has 8 nitrogen and oxygen atoms in total. The van der Waals surface area contributed by atoms with Crippen molar-refractivity contribution in [1.82, 2.24) is 14.7 Å². The molecule has 180 valence electrons. The van der Waals surface area contributed by atoms with E-state index in [2.05, 4.69) is 47.3 Å². The fourth-order valence-corrected chi connectivity index (χ4v) is 3.44. The van der Waals surface area contributed by atoms with Crippen LogP contribution in [0.5, 0.6) is 5.75 Å². The fraction of sp³-hybridized carbons (Fsp3) is 0.320. The maximum Gasteiger partial charge on any atom is 0.322 e. The van der Waals surface area contributed by atoms with Crippen LogP contribution in [-0.2, 0) is 10.2 Å². The zero-order valence-corrected chi connectivity index (χ0v) is 21.6. The van der Waals surface area contributed by atoms with E-state index in [0.29, 0.717) is 18.1 Å². The molecule has 0 radical (unpaired) electrons. The minimum Gasteiger partial charge on any atom is -0.497 e. The van der Waals surface area contributed by atoms with Gasteiger partial charge in [0.2, 0.25) is 5.91 Å². The summed E-state index contributed by atoms with van der Waals surface area (Å²) < 4.78 is 7.85. The Morgan fingerprint density at radius 2 is 1.71 bits per heavy atom. The number of amides is 3. The molecule has 2 N–H and O–H groups in total. The van der Waals surface area contributed by atoms with E-state index in [1.165, 1.54) is 4.90 Å². The number of carbonyl (C=O) groups excluding carboxylic acids is 2. The Hall–Kier alpha value is -3.33. The fourth-order valence-electron chi connectivity index (χ4n) is 3.18. The molecule has 3 amide bonds. The molecule has 0 spiro atoms. The number of benzene rings is 2. The number of rotatable bonds is 7. The SMILES string of the molecule is CCN(CC(=O)Nc1cc(C(C)(C)C)nn1-c1ccc(OC)cc1)C(=O)Nc1ccc(Br)cc1. The first-order valence-electron chi connectivity index (χ1n) is 11.0. The number of nitrogens with zero attached hydrogens (tertiary/aromatic N) is 3. The van der Waals surface area contributed by atoms with E-state index in [1.54, 1.807) is 23.9 Å². The number of halogens is 1. The number of nitrogens with one attached hydrogen (secondary N) is 2. The van der Waals surface area contributed by atoms with Gasteiger partial charge in [-0.15, -0.1) is 0 Å². The normalized spacial score (nSPS) is 11.1. The molecule has 0 aliphatic heterocycles. The molecule has 9 heteroatoms. The summed E-state index contributed by atoms with van der Waals surface area (Å²) in [6.45, 7) is 8.28. The monoisotopic (exact) mass is 527 g/mol. The van der Waals surface area contributed by atoms with Gasteiger partial charge in [-0.3, -0.25) is 4.79 Å². The lowest BCUT2D eigenvalue weighted by Crippen LogP contribution is -2.40. The number of methoxy groups -OCH3 is 1. The molecule has 0 saturated carbocycles. The van der Waals surface area contributed by atoms with Gasteiger partial charge in [0.15, 0.2) is 0 Å². The van der Waals surface area contributed by atoms with Gasteiger partial charge in [0, 0.05) is 28.2 Å². The molecule has 3 rings (SSSR count). The zero-order valence-electron chi connectivity index (χ0n) is 20.1. The van der Waals surface area contributed by atoms with Gasteiger partial charge >= 0.3 is 6.03 Å². The minimum absolute atomic E-state index is 0.0997. The van der Waals surface area contributed by atoms with E-state index in [4.69, 9.17) is 9.84 Å². The standard InChI is InChI=1S/C25H30BrN5O3/c1-6-30(24(33)27-18-9-7-17(26)8-10-18)16-23(32)28-22-15-21(25(2,3)4)29-31(22)19-11-13-20(34-5)14-12-19/h7-15H,6,16H2,1-5H3,(H,27,33)(H,28,32). The quantitative estimate of drug-likeness (QED) is 0.428. The summed E-state index contributed by atoms with van der Waals surface area (Å²) in [6, 6.07) is 16.2. The molecule has 3 aromatic rings. The van der Waals surface area contributed by atoms with Gasteiger partial charge in [-0.05, 0) is 55.5 Å². The van der Waals surface area contributed by atoms with E-state index in [9.17, 15) is 9.59 Å². The topological polar surface area (TPSA) is 88.5 Å². The minimum atomic E-state index is -0.348. The van der Waals surface area contributed by atoms with Crippen molar-refractivity contribution in [3.8, 4) is 11.4 Å². The van der Waals surface area contributed by atoms with Crippen molar-refractivity contribution in [3.63, 3.8) is 0 Å². The average molecular weight is 528 g/mol. The number of hydrogen-bond donors (Lipinski definition) is 2. The largest absolute Gasteiger partial charge is 0.497 e. The Morgan fingerprint density at radius 3 is 2.26 bits per heavy atom. The maximum absolute atomic E-state index is 12.9. The molecule has 1 aromatic heterocycles. The van der Waals surface area contributed by atoms with Crippen LogP contribution in [0.25, 0.3) is 5.69 Å². The maximum atomic E-state index is 12.9. The summed E-state index contributed by atoms with van der Waals surface area (Å²) in [5, 5.41) is 10.5. The van der Waals surface area contributed by atoms with Gasteiger partial charge in [0.05, 0.1) is 18.5 Å². The van der Waals surface area contributed by atoms with E-state index < -0.39 is 0 Å². The lowest BCUT2D eigenvalue weighted by molar-refractivity contribution is -0.116. The van der Waals surface area contributed by atoms with Crippen LogP contribution in [0.1, 0.15) is 33.4 Å². The van der Waals surface area contributed by atoms with Crippen LogP contribution in [0.3, 0.4) is 0 Å². The molecule has 2 aromatic carbocycles. The van der Waals surface area contributed by atoms with Gasteiger partial charge in [-0.2, -0.15) is 5.10 Å². The van der Waals surface area contributed by atoms with E-state index in [0.717, 1.165) is 21.6 Å². The average Bonchev–Trinajstić information content (AvgIpc) is 3.23. The molecule has 34 heavy (non-hydrogen) atoms. The lowest BCUT2D eigenvalue weighted by atomic mass is 9.92. The summed E-state index contributed by atoms with van der Waals surface area (Å²) in [5.74, 6) is 0.945. The molecule has 0 fully saturated rings. The number of ether oxygens (including phenoxy) is 1. The summed E-state index contributed by atoms with van der Waals surface area (Å²) >= 11 is 3.37. The third-order valence-corrected chi connectivity index (χ3v) is 5.69. The number of likely N-dealkylation sites (N-methyl/N-ethyl adjacent to an activating group) is 1. The predicted octanol–water partition coefficient (Wildman–Crippen LogP) is 5.43. The van der Waals surface area contributed by atoms with Gasteiger partial charge in [0.25, 0.3) is 0 Å². The van der Waals surface area contributed by atoms with Crippen molar-refractivity contribution < 1.29 is 14.3 Å². The van der Waals surface area contributed by atoms with Crippen molar-refractivity contribution in [2.75, 3.05) is 30.8 Å². The summed E-state index contributed by atoms with van der Waals surface area (Å²) in [7, 11) is 1.61. The lowest BCUT2D eigenvalue weighted by Gasteiger charge is -2.21. The second-order valence-electron chi connectivity index (χ2n) is 8.77. The van der Waals surface area contributed by atoms with Crippen LogP contribution in [0, 0.1) is 0 Å². The third kappa shape index (κ3) is 6.38. The number of urea groups is 1. The Labute approximate surface area is 208 Å². The van der Waals surface area contributed by atoms with E-state index in [-0.39, 0.29) is 23.9 Å². The van der Waals surface area contributed by atoms with Crippen molar-refractivity contribution in [2.45, 2.75) is 33.1 Å². The molecule has 0 atom stereocenters. The van der Waals surface area contributed by atoms with Crippen LogP contribution in [0.15, 0.2) is 59.1 Å². The highest BCUT2D eigenvalue weighted by Crippen LogP contribution is 2.27. The van der Waals surface area contributed by atoms with Gasteiger partial charge in [-0.25, -0.2) is 9.48 Å². The molecule has 0 bridgehead atoms. The Balaban J connectivity index is 1.77. The first kappa shape index (κ1) is 25.3. The second-order valence-corrected chi connectivity index (χ2v) is 9.69. The van der Waals surface area contributed by atoms with Crippen LogP contribution >= 0.6 is 15.9 Å². The van der Waals surface area contributed by atoms with Crippen molar-refractivity contribution in [1.29, 1.82) is 0 Å². The Morgan fingerprint density at radius 1 is 1.06 bits per heavy atom. The molecule has 1 heterocycles. The number of anilines is 2. The van der Waals surface area contributed by atoms with Crippen LogP contribution < -0.4 is 15.4 Å². The summed E-state index contributed by atoms with van der Waals surface area (Å²) in [5.41, 5.74) is 2.06. The zero-order chi connectivity index (χ0) is 24.9. The highest BCUT2D eigenvalue weighted by Gasteiger charge is 2.23. The van der Waals surface area contributed by atoms with Gasteiger partial charge in [0.1, 0.15) is 18.1 Å². The van der Waals surface area contributed by atoms with Crippen LogP contribution in [0.2, 0.25) is 0 Å².